The largest absolute Gasteiger partial charge is 0.340 e. The van der Waals surface area contributed by atoms with Gasteiger partial charge in [0.05, 0.1) is 17.0 Å². The summed E-state index contributed by atoms with van der Waals surface area (Å²) in [4.78, 5) is 25.8. The number of hydrogen-bond acceptors (Lipinski definition) is 4. The molecule has 1 aromatic rings. The van der Waals surface area contributed by atoms with Crippen LogP contribution in [0.1, 0.15) is 24.2 Å². The quantitative estimate of drug-likeness (QED) is 0.882. The molecule has 21 heavy (non-hydrogen) atoms. The molecule has 0 aliphatic carbocycles. The van der Waals surface area contributed by atoms with Crippen LogP contribution in [0.2, 0.25) is 0 Å². The van der Waals surface area contributed by atoms with Gasteiger partial charge in [-0.3, -0.25) is 9.59 Å². The molecule has 6 nitrogen and oxygen atoms in total. The summed E-state index contributed by atoms with van der Waals surface area (Å²) in [5, 5.41) is 2.61. The van der Waals surface area contributed by atoms with Gasteiger partial charge in [-0.1, -0.05) is 19.1 Å². The fourth-order valence-electron chi connectivity index (χ4n) is 2.19. The van der Waals surface area contributed by atoms with Gasteiger partial charge in [-0.25, -0.2) is 8.42 Å². The lowest BCUT2D eigenvalue weighted by atomic mass is 10.1. The Balaban J connectivity index is 2.38. The van der Waals surface area contributed by atoms with Crippen molar-refractivity contribution in [1.82, 2.24) is 5.32 Å². The van der Waals surface area contributed by atoms with Crippen LogP contribution in [0, 0.1) is 0 Å². The van der Waals surface area contributed by atoms with E-state index in [1.54, 1.807) is 38.1 Å². The molecule has 2 amide bonds. The zero-order valence-corrected chi connectivity index (χ0v) is 12.8. The average Bonchev–Trinajstić information content (AvgIpc) is 2.55. The van der Waals surface area contributed by atoms with Crippen LogP contribution in [0.3, 0.4) is 0 Å². The van der Waals surface area contributed by atoms with Gasteiger partial charge in [-0.2, -0.15) is 0 Å². The fraction of sp³-hybridized carbons (Fsp3) is 0.429. The van der Waals surface area contributed by atoms with Gasteiger partial charge in [0, 0.05) is 12.3 Å². The van der Waals surface area contributed by atoms with Crippen LogP contribution in [0.5, 0.6) is 0 Å². The summed E-state index contributed by atoms with van der Waals surface area (Å²) >= 11 is 0. The molecule has 0 bridgehead atoms. The Hall–Kier alpha value is -1.89. The van der Waals surface area contributed by atoms with Crippen LogP contribution in [0.4, 0.5) is 5.69 Å². The molecule has 2 rings (SSSR count). The number of nitrogens with zero attached hydrogens (tertiary/aromatic N) is 1. The van der Waals surface area contributed by atoms with Gasteiger partial charge in [0.25, 0.3) is 5.91 Å². The Kier molecular flexibility index (Phi) is 4.32. The van der Waals surface area contributed by atoms with E-state index >= 15 is 0 Å². The van der Waals surface area contributed by atoms with Crippen molar-refractivity contribution in [2.75, 3.05) is 23.0 Å². The number of anilines is 1. The van der Waals surface area contributed by atoms with Crippen molar-refractivity contribution >= 4 is 27.3 Å². The highest BCUT2D eigenvalue weighted by Crippen LogP contribution is 2.24. The van der Waals surface area contributed by atoms with E-state index in [0.29, 0.717) is 11.3 Å². The number of carbonyl (C=O) groups is 2. The lowest BCUT2D eigenvalue weighted by Gasteiger charge is -2.23. The van der Waals surface area contributed by atoms with E-state index in [9.17, 15) is 18.0 Å². The number of amides is 2. The van der Waals surface area contributed by atoms with Crippen LogP contribution in [0.25, 0.3) is 0 Å². The first-order valence-electron chi connectivity index (χ1n) is 6.77. The van der Waals surface area contributed by atoms with Crippen LogP contribution in [-0.2, 0) is 14.6 Å². The van der Waals surface area contributed by atoms with Crippen molar-refractivity contribution in [2.45, 2.75) is 19.9 Å². The van der Waals surface area contributed by atoms with E-state index in [1.165, 1.54) is 4.90 Å². The summed E-state index contributed by atoms with van der Waals surface area (Å²) in [5.74, 6) is -0.722. The molecule has 0 aromatic heterocycles. The van der Waals surface area contributed by atoms with E-state index in [2.05, 4.69) is 5.32 Å². The third kappa shape index (κ3) is 3.24. The highest BCUT2D eigenvalue weighted by atomic mass is 32.2. The Morgan fingerprint density at radius 1 is 1.24 bits per heavy atom. The Bertz CT molecular complexity index is 669. The topological polar surface area (TPSA) is 83.6 Å². The normalized spacial score (nSPS) is 19.0. The maximum absolute atomic E-state index is 12.4. The molecule has 0 spiro atoms. The van der Waals surface area contributed by atoms with Crippen LogP contribution < -0.4 is 10.2 Å². The molecule has 1 aromatic carbocycles. The lowest BCUT2D eigenvalue weighted by Crippen LogP contribution is -2.45. The number of rotatable bonds is 4. The third-order valence-electron chi connectivity index (χ3n) is 3.49. The lowest BCUT2D eigenvalue weighted by molar-refractivity contribution is -0.119. The van der Waals surface area contributed by atoms with Gasteiger partial charge in [-0.15, -0.1) is 0 Å². The highest BCUT2D eigenvalue weighted by molar-refractivity contribution is 7.91. The molecule has 1 heterocycles. The molecule has 114 valence electrons. The Labute approximate surface area is 124 Å². The minimum absolute atomic E-state index is 0.0312. The molecule has 1 aliphatic rings. The van der Waals surface area contributed by atoms with Crippen molar-refractivity contribution in [3.05, 3.63) is 29.8 Å². The molecule has 1 N–H and O–H groups in total. The van der Waals surface area contributed by atoms with Crippen molar-refractivity contribution < 1.29 is 18.0 Å². The number of carbonyl (C=O) groups excluding carboxylic acids is 2. The molecule has 0 saturated carbocycles. The molecule has 1 aliphatic heterocycles. The smallest absolute Gasteiger partial charge is 0.254 e. The van der Waals surface area contributed by atoms with Crippen molar-refractivity contribution in [3.8, 4) is 0 Å². The summed E-state index contributed by atoms with van der Waals surface area (Å²) in [6.07, 6.45) is 0. The highest BCUT2D eigenvalue weighted by Gasteiger charge is 2.31. The molecule has 0 fully saturated rings. The zero-order valence-electron chi connectivity index (χ0n) is 12.0. The predicted octanol–water partition coefficient (Wildman–Crippen LogP) is 0.586. The summed E-state index contributed by atoms with van der Waals surface area (Å²) in [5.41, 5.74) is 0.833. The second kappa shape index (κ2) is 5.85. The van der Waals surface area contributed by atoms with E-state index in [-0.39, 0.29) is 29.9 Å². The van der Waals surface area contributed by atoms with Crippen molar-refractivity contribution in [3.63, 3.8) is 0 Å². The van der Waals surface area contributed by atoms with Gasteiger partial charge < -0.3 is 10.2 Å². The van der Waals surface area contributed by atoms with Crippen LogP contribution in [-0.4, -0.2) is 44.3 Å². The number of hydrogen-bond donors (Lipinski definition) is 1. The van der Waals surface area contributed by atoms with Crippen molar-refractivity contribution in [2.24, 2.45) is 0 Å². The zero-order chi connectivity index (χ0) is 15.6. The standard InChI is InChI=1S/C14H18N2O4S/c1-3-21(19,20)9-8-16-12-7-5-4-6-11(12)13(17)15-10(2)14(16)18/h4-7,10H,3,8-9H2,1-2H3,(H,15,17). The third-order valence-corrected chi connectivity index (χ3v) is 5.17. The van der Waals surface area contributed by atoms with E-state index in [4.69, 9.17) is 0 Å². The summed E-state index contributed by atoms with van der Waals surface area (Å²) < 4.78 is 23.3. The second-order valence-electron chi connectivity index (χ2n) is 4.94. The predicted molar refractivity (Wildman–Crippen MR) is 80.1 cm³/mol. The average molecular weight is 310 g/mol. The maximum atomic E-state index is 12.4. The Morgan fingerprint density at radius 3 is 2.57 bits per heavy atom. The first-order valence-corrected chi connectivity index (χ1v) is 8.59. The molecule has 7 heteroatoms. The number of nitrogens with one attached hydrogen (secondary N) is 1. The first-order chi connectivity index (χ1) is 9.85. The fourth-order valence-corrected chi connectivity index (χ4v) is 2.94. The van der Waals surface area contributed by atoms with Gasteiger partial charge in [0.15, 0.2) is 9.84 Å². The minimum Gasteiger partial charge on any atom is -0.340 e. The number of sulfone groups is 1. The molecule has 0 saturated heterocycles. The van der Waals surface area contributed by atoms with Gasteiger partial charge in [0.2, 0.25) is 5.91 Å². The molecule has 1 atom stereocenters. The van der Waals surface area contributed by atoms with Crippen LogP contribution in [0.15, 0.2) is 24.3 Å². The van der Waals surface area contributed by atoms with Crippen LogP contribution >= 0.6 is 0 Å². The van der Waals surface area contributed by atoms with Gasteiger partial charge in [0.1, 0.15) is 6.04 Å². The number of fused-ring (bicyclic) bond motifs is 1. The van der Waals surface area contributed by atoms with Crippen molar-refractivity contribution in [1.29, 1.82) is 0 Å². The van der Waals surface area contributed by atoms with E-state index in [1.807, 2.05) is 0 Å². The monoisotopic (exact) mass is 310 g/mol. The molecular weight excluding hydrogens is 292 g/mol. The molecule has 0 radical (unpaired) electrons. The molecular formula is C14H18N2O4S. The number of benzene rings is 1. The molecule has 1 unspecified atom stereocenters. The Morgan fingerprint density at radius 2 is 1.90 bits per heavy atom. The minimum atomic E-state index is -3.19. The summed E-state index contributed by atoms with van der Waals surface area (Å²) in [6.45, 7) is 3.21. The van der Waals surface area contributed by atoms with Gasteiger partial charge in [-0.05, 0) is 19.1 Å². The van der Waals surface area contributed by atoms with E-state index in [0.717, 1.165) is 0 Å². The van der Waals surface area contributed by atoms with E-state index < -0.39 is 15.9 Å². The number of para-hydroxylation sites is 1. The summed E-state index contributed by atoms with van der Waals surface area (Å²) in [7, 11) is -3.19. The summed E-state index contributed by atoms with van der Waals surface area (Å²) in [6, 6.07) is 6.02. The first kappa shape index (κ1) is 15.5. The second-order valence-corrected chi connectivity index (χ2v) is 7.41. The maximum Gasteiger partial charge on any atom is 0.254 e. The van der Waals surface area contributed by atoms with Gasteiger partial charge >= 0.3 is 0 Å². The SMILES string of the molecule is CCS(=O)(=O)CCN1C(=O)C(C)NC(=O)c2ccccc21.